The van der Waals surface area contributed by atoms with Gasteiger partial charge in [0.15, 0.2) is 0 Å². The molecule has 6 heteroatoms. The predicted molar refractivity (Wildman–Crippen MR) is 107 cm³/mol. The molecule has 2 heterocycles. The molecule has 5 rings (SSSR count). The van der Waals surface area contributed by atoms with Crippen LogP contribution in [0.15, 0.2) is 60.7 Å². The molecule has 0 saturated heterocycles. The normalized spacial score (nSPS) is 11.5. The predicted octanol–water partition coefficient (Wildman–Crippen LogP) is 6.08. The minimum absolute atomic E-state index is 0.559. The van der Waals surface area contributed by atoms with E-state index in [9.17, 15) is 0 Å². The Balaban J connectivity index is 1.64. The lowest BCUT2D eigenvalue weighted by molar-refractivity contribution is 1.32. The van der Waals surface area contributed by atoms with Crippen LogP contribution < -0.4 is 0 Å². The summed E-state index contributed by atoms with van der Waals surface area (Å²) in [6.07, 6.45) is 0. The van der Waals surface area contributed by atoms with Gasteiger partial charge in [-0.15, -0.1) is 0 Å². The lowest BCUT2D eigenvalue weighted by Crippen LogP contribution is -1.88. The maximum absolute atomic E-state index is 6.55. The molecule has 0 aliphatic heterocycles. The van der Waals surface area contributed by atoms with Crippen molar-refractivity contribution in [3.8, 4) is 22.8 Å². The van der Waals surface area contributed by atoms with Gasteiger partial charge in [0.1, 0.15) is 11.6 Å². The molecule has 2 aromatic heterocycles. The van der Waals surface area contributed by atoms with E-state index in [-0.39, 0.29) is 0 Å². The number of nitrogens with one attached hydrogen (secondary N) is 2. The fourth-order valence-electron chi connectivity index (χ4n) is 3.07. The first-order valence-corrected chi connectivity index (χ1v) is 8.84. The molecule has 0 bridgehead atoms. The van der Waals surface area contributed by atoms with E-state index >= 15 is 0 Å². The first kappa shape index (κ1) is 15.4. The molecule has 5 aromatic rings. The van der Waals surface area contributed by atoms with Gasteiger partial charge in [-0.2, -0.15) is 0 Å². The molecule has 26 heavy (non-hydrogen) atoms. The SMILES string of the molecule is Clc1cc(-c2nc3ccccc3[nH]2)c(Cl)cc1-c1nc2ccccc2[nH]1. The van der Waals surface area contributed by atoms with Crippen LogP contribution >= 0.6 is 23.2 Å². The second-order valence-corrected chi connectivity index (χ2v) is 6.83. The minimum atomic E-state index is 0.559. The van der Waals surface area contributed by atoms with Crippen molar-refractivity contribution in [2.45, 2.75) is 0 Å². The maximum atomic E-state index is 6.55. The first-order valence-electron chi connectivity index (χ1n) is 8.08. The van der Waals surface area contributed by atoms with E-state index in [0.717, 1.165) is 33.2 Å². The molecule has 0 aliphatic carbocycles. The van der Waals surface area contributed by atoms with Gasteiger partial charge >= 0.3 is 0 Å². The number of rotatable bonds is 2. The Bertz CT molecular complexity index is 1100. The van der Waals surface area contributed by atoms with Crippen molar-refractivity contribution in [1.82, 2.24) is 19.9 Å². The van der Waals surface area contributed by atoms with Gasteiger partial charge in [-0.25, -0.2) is 9.97 Å². The summed E-state index contributed by atoms with van der Waals surface area (Å²) in [5, 5.41) is 1.12. The number of halogens is 2. The van der Waals surface area contributed by atoms with Gasteiger partial charge in [0.25, 0.3) is 0 Å². The molecule has 0 atom stereocenters. The van der Waals surface area contributed by atoms with Crippen molar-refractivity contribution in [1.29, 1.82) is 0 Å². The average molecular weight is 379 g/mol. The largest absolute Gasteiger partial charge is 0.338 e. The molecule has 126 valence electrons. The van der Waals surface area contributed by atoms with Crippen LogP contribution in [0.2, 0.25) is 10.0 Å². The molecule has 3 aromatic carbocycles. The van der Waals surface area contributed by atoms with Gasteiger partial charge < -0.3 is 9.97 Å². The first-order chi connectivity index (χ1) is 12.7. The molecular formula is C20H12Cl2N4. The zero-order chi connectivity index (χ0) is 17.7. The summed E-state index contributed by atoms with van der Waals surface area (Å²) in [5.41, 5.74) is 5.19. The average Bonchev–Trinajstić information content (AvgIpc) is 3.26. The summed E-state index contributed by atoms with van der Waals surface area (Å²) in [7, 11) is 0. The Hall–Kier alpha value is -2.82. The number of nitrogens with zero attached hydrogens (tertiary/aromatic N) is 2. The van der Waals surface area contributed by atoms with Crippen LogP contribution in [-0.4, -0.2) is 19.9 Å². The summed E-state index contributed by atoms with van der Waals surface area (Å²) in [4.78, 5) is 15.8. The zero-order valence-electron chi connectivity index (χ0n) is 13.4. The van der Waals surface area contributed by atoms with Gasteiger partial charge in [-0.1, -0.05) is 47.5 Å². The lowest BCUT2D eigenvalue weighted by Gasteiger charge is -2.06. The molecule has 0 spiro atoms. The molecule has 0 fully saturated rings. The molecule has 0 unspecified atom stereocenters. The zero-order valence-corrected chi connectivity index (χ0v) is 14.9. The second-order valence-electron chi connectivity index (χ2n) is 6.02. The van der Waals surface area contributed by atoms with Crippen LogP contribution in [0.4, 0.5) is 0 Å². The number of fused-ring (bicyclic) bond motifs is 2. The maximum Gasteiger partial charge on any atom is 0.140 e. The molecule has 4 nitrogen and oxygen atoms in total. The van der Waals surface area contributed by atoms with Gasteiger partial charge in [0, 0.05) is 11.1 Å². The number of para-hydroxylation sites is 4. The topological polar surface area (TPSA) is 57.4 Å². The highest BCUT2D eigenvalue weighted by atomic mass is 35.5. The summed E-state index contributed by atoms with van der Waals surface area (Å²) in [6.45, 7) is 0. The smallest absolute Gasteiger partial charge is 0.140 e. The highest BCUT2D eigenvalue weighted by Gasteiger charge is 2.15. The summed E-state index contributed by atoms with van der Waals surface area (Å²) < 4.78 is 0. The van der Waals surface area contributed by atoms with Gasteiger partial charge in [-0.05, 0) is 36.4 Å². The van der Waals surface area contributed by atoms with Gasteiger partial charge in [0.2, 0.25) is 0 Å². The summed E-state index contributed by atoms with van der Waals surface area (Å²) in [6, 6.07) is 19.3. The Kier molecular flexibility index (Phi) is 3.48. The van der Waals surface area contributed by atoms with E-state index in [1.165, 1.54) is 0 Å². The van der Waals surface area contributed by atoms with Crippen LogP contribution in [0.5, 0.6) is 0 Å². The minimum Gasteiger partial charge on any atom is -0.338 e. The van der Waals surface area contributed by atoms with Crippen LogP contribution in [-0.2, 0) is 0 Å². The Morgan fingerprint density at radius 1 is 0.615 bits per heavy atom. The Labute approximate surface area is 158 Å². The van der Waals surface area contributed by atoms with Crippen LogP contribution in [0, 0.1) is 0 Å². The van der Waals surface area contributed by atoms with Gasteiger partial charge in [0.05, 0.1) is 32.1 Å². The third-order valence-electron chi connectivity index (χ3n) is 4.35. The number of H-pyrrole nitrogens is 2. The number of aromatic amines is 2. The molecule has 0 radical (unpaired) electrons. The van der Waals surface area contributed by atoms with E-state index in [1.807, 2.05) is 60.7 Å². The lowest BCUT2D eigenvalue weighted by atomic mass is 10.1. The molecule has 0 amide bonds. The van der Waals surface area contributed by atoms with Gasteiger partial charge in [-0.3, -0.25) is 0 Å². The number of imidazole rings is 2. The highest BCUT2D eigenvalue weighted by molar-refractivity contribution is 6.37. The van der Waals surface area contributed by atoms with E-state index < -0.39 is 0 Å². The monoisotopic (exact) mass is 378 g/mol. The molecule has 0 aliphatic rings. The van der Waals surface area contributed by atoms with Crippen molar-refractivity contribution in [3.05, 3.63) is 70.7 Å². The number of hydrogen-bond donors (Lipinski definition) is 2. The van der Waals surface area contributed by atoms with Crippen LogP contribution in [0.25, 0.3) is 44.8 Å². The molecule has 2 N–H and O–H groups in total. The number of aromatic nitrogens is 4. The molecule has 0 saturated carbocycles. The fraction of sp³-hybridized carbons (Fsp3) is 0. The number of hydrogen-bond acceptors (Lipinski definition) is 2. The van der Waals surface area contributed by atoms with E-state index in [0.29, 0.717) is 21.7 Å². The quantitative estimate of drug-likeness (QED) is 0.391. The highest BCUT2D eigenvalue weighted by Crippen LogP contribution is 2.36. The van der Waals surface area contributed by atoms with E-state index in [2.05, 4.69) is 19.9 Å². The van der Waals surface area contributed by atoms with Crippen molar-refractivity contribution < 1.29 is 0 Å². The van der Waals surface area contributed by atoms with Crippen molar-refractivity contribution in [3.63, 3.8) is 0 Å². The van der Waals surface area contributed by atoms with Crippen LogP contribution in [0.1, 0.15) is 0 Å². The van der Waals surface area contributed by atoms with E-state index in [1.54, 1.807) is 0 Å². The fourth-order valence-corrected chi connectivity index (χ4v) is 3.58. The van der Waals surface area contributed by atoms with Crippen molar-refractivity contribution >= 4 is 45.3 Å². The standard InChI is InChI=1S/C20H12Cl2N4/c21-13-10-12(20-25-17-7-3-4-8-18(17)26-20)14(22)9-11(13)19-23-15-5-1-2-6-16(15)24-19/h1-10H,(H,23,24)(H,25,26). The van der Waals surface area contributed by atoms with Crippen molar-refractivity contribution in [2.75, 3.05) is 0 Å². The Morgan fingerprint density at radius 2 is 1.04 bits per heavy atom. The van der Waals surface area contributed by atoms with E-state index in [4.69, 9.17) is 23.2 Å². The molecular weight excluding hydrogens is 367 g/mol. The van der Waals surface area contributed by atoms with Crippen LogP contribution in [0.3, 0.4) is 0 Å². The van der Waals surface area contributed by atoms with Crippen molar-refractivity contribution in [2.24, 2.45) is 0 Å². The second kappa shape index (κ2) is 5.87. The third-order valence-corrected chi connectivity index (χ3v) is 4.97. The summed E-state index contributed by atoms with van der Waals surface area (Å²) in [5.74, 6) is 1.38. The Morgan fingerprint density at radius 3 is 1.46 bits per heavy atom. The summed E-state index contributed by atoms with van der Waals surface area (Å²) >= 11 is 13.1. The third kappa shape index (κ3) is 2.46. The number of benzene rings is 3.